The van der Waals surface area contributed by atoms with Crippen LogP contribution >= 0.6 is 0 Å². The number of Topliss-reactive ketones (excluding diaryl/α,β-unsaturated/α-hetero) is 2. The number of carbonyl (C=O) groups is 2. The van der Waals surface area contributed by atoms with E-state index in [1.807, 2.05) is 12.1 Å². The fourth-order valence-electron chi connectivity index (χ4n) is 3.59. The van der Waals surface area contributed by atoms with Gasteiger partial charge in [-0.2, -0.15) is 0 Å². The summed E-state index contributed by atoms with van der Waals surface area (Å²) in [6.07, 6.45) is 0. The Morgan fingerprint density at radius 3 is 1.96 bits per heavy atom. The Morgan fingerprint density at radius 1 is 0.840 bits per heavy atom. The van der Waals surface area contributed by atoms with Gasteiger partial charge in [0, 0.05) is 22.1 Å². The fourth-order valence-corrected chi connectivity index (χ4v) is 3.59. The molecular weight excluding hydrogens is 316 g/mol. The molecule has 0 saturated carbocycles. The summed E-state index contributed by atoms with van der Waals surface area (Å²) in [6.45, 7) is 3.33. The molecule has 0 amide bonds. The Labute approximate surface area is 144 Å². The molecule has 4 rings (SSSR count). The first-order valence-corrected chi connectivity index (χ1v) is 8.04. The zero-order valence-corrected chi connectivity index (χ0v) is 13.8. The van der Waals surface area contributed by atoms with Gasteiger partial charge in [-0.1, -0.05) is 36.4 Å². The van der Waals surface area contributed by atoms with Gasteiger partial charge in [-0.15, -0.1) is 0 Å². The minimum Gasteiger partial charge on any atom is -0.508 e. The predicted octanol–water partition coefficient (Wildman–Crippen LogP) is 4.03. The van der Waals surface area contributed by atoms with E-state index in [4.69, 9.17) is 0 Å². The van der Waals surface area contributed by atoms with E-state index < -0.39 is 5.92 Å². The van der Waals surface area contributed by atoms with Gasteiger partial charge in [0.15, 0.2) is 11.6 Å². The molecule has 0 unspecified atom stereocenters. The standard InChI is InChI=1S/C21H16O4/c1-10-11(2)19(23)15(9-16(10)22)18-20(24)13-7-3-5-12-6-4-8-14(17(12)13)21(18)25/h3-9,18,22-23H,1-2H3. The molecule has 1 aliphatic rings. The summed E-state index contributed by atoms with van der Waals surface area (Å²) in [7, 11) is 0. The lowest BCUT2D eigenvalue weighted by atomic mass is 9.76. The van der Waals surface area contributed by atoms with E-state index in [-0.39, 0.29) is 28.6 Å². The van der Waals surface area contributed by atoms with Crippen molar-refractivity contribution in [3.05, 3.63) is 70.3 Å². The van der Waals surface area contributed by atoms with Crippen molar-refractivity contribution in [1.29, 1.82) is 0 Å². The van der Waals surface area contributed by atoms with Gasteiger partial charge < -0.3 is 10.2 Å². The molecule has 4 nitrogen and oxygen atoms in total. The Morgan fingerprint density at radius 2 is 1.40 bits per heavy atom. The number of rotatable bonds is 1. The second kappa shape index (κ2) is 5.18. The fraction of sp³-hybridized carbons (Fsp3) is 0.143. The van der Waals surface area contributed by atoms with Gasteiger partial charge in [0.2, 0.25) is 0 Å². The Hall–Kier alpha value is -3.14. The second-order valence-corrected chi connectivity index (χ2v) is 6.45. The maximum absolute atomic E-state index is 13.1. The number of carbonyl (C=O) groups excluding carboxylic acids is 2. The van der Waals surface area contributed by atoms with Gasteiger partial charge in [-0.05, 0) is 36.4 Å². The highest BCUT2D eigenvalue weighted by molar-refractivity contribution is 6.32. The van der Waals surface area contributed by atoms with Crippen LogP contribution in [0.15, 0.2) is 42.5 Å². The third-order valence-corrected chi connectivity index (χ3v) is 5.14. The van der Waals surface area contributed by atoms with Crippen LogP contribution in [0.4, 0.5) is 0 Å². The molecule has 0 spiro atoms. The molecule has 0 heterocycles. The van der Waals surface area contributed by atoms with Crippen LogP contribution in [-0.4, -0.2) is 21.8 Å². The van der Waals surface area contributed by atoms with Gasteiger partial charge in [0.1, 0.15) is 17.4 Å². The van der Waals surface area contributed by atoms with Crippen molar-refractivity contribution in [3.8, 4) is 11.5 Å². The summed E-state index contributed by atoms with van der Waals surface area (Å²) in [4.78, 5) is 26.1. The van der Waals surface area contributed by atoms with Crippen LogP contribution in [0.3, 0.4) is 0 Å². The summed E-state index contributed by atoms with van der Waals surface area (Å²) in [6, 6.07) is 12.0. The highest BCUT2D eigenvalue weighted by atomic mass is 16.3. The SMILES string of the molecule is Cc1c(O)cc(C2C(=O)c3cccc4cccc(c34)C2=O)c(O)c1C. The van der Waals surface area contributed by atoms with E-state index in [9.17, 15) is 19.8 Å². The maximum Gasteiger partial charge on any atom is 0.178 e. The monoisotopic (exact) mass is 332 g/mol. The highest BCUT2D eigenvalue weighted by Crippen LogP contribution is 2.42. The molecule has 3 aromatic carbocycles. The van der Waals surface area contributed by atoms with Crippen molar-refractivity contribution in [2.45, 2.75) is 19.8 Å². The third kappa shape index (κ3) is 2.00. The number of hydrogen-bond acceptors (Lipinski definition) is 4. The molecule has 25 heavy (non-hydrogen) atoms. The lowest BCUT2D eigenvalue weighted by molar-refractivity contribution is 0.0854. The van der Waals surface area contributed by atoms with Crippen LogP contribution in [-0.2, 0) is 0 Å². The first kappa shape index (κ1) is 15.4. The average Bonchev–Trinajstić information content (AvgIpc) is 2.62. The van der Waals surface area contributed by atoms with E-state index in [0.29, 0.717) is 27.6 Å². The molecule has 3 aromatic rings. The molecule has 124 valence electrons. The Kier molecular flexibility index (Phi) is 3.19. The zero-order chi connectivity index (χ0) is 17.9. The quantitative estimate of drug-likeness (QED) is 0.521. The smallest absolute Gasteiger partial charge is 0.178 e. The summed E-state index contributed by atoms with van der Waals surface area (Å²) in [5.74, 6) is -2.01. The van der Waals surface area contributed by atoms with E-state index in [1.54, 1.807) is 38.1 Å². The van der Waals surface area contributed by atoms with Crippen LogP contribution in [0.25, 0.3) is 10.8 Å². The predicted molar refractivity (Wildman–Crippen MR) is 94.6 cm³/mol. The van der Waals surface area contributed by atoms with Gasteiger partial charge >= 0.3 is 0 Å². The number of aromatic hydroxyl groups is 2. The molecule has 0 fully saturated rings. The largest absolute Gasteiger partial charge is 0.508 e. The van der Waals surface area contributed by atoms with Crippen molar-refractivity contribution in [1.82, 2.24) is 0 Å². The van der Waals surface area contributed by atoms with Crippen molar-refractivity contribution in [2.75, 3.05) is 0 Å². The molecule has 0 bridgehead atoms. The number of ketones is 2. The van der Waals surface area contributed by atoms with E-state index in [1.165, 1.54) is 6.07 Å². The lowest BCUT2D eigenvalue weighted by Crippen LogP contribution is -2.27. The molecule has 0 aromatic heterocycles. The molecule has 4 heteroatoms. The van der Waals surface area contributed by atoms with Crippen LogP contribution < -0.4 is 0 Å². The first-order chi connectivity index (χ1) is 11.9. The van der Waals surface area contributed by atoms with Gasteiger partial charge in [0.25, 0.3) is 0 Å². The second-order valence-electron chi connectivity index (χ2n) is 6.45. The lowest BCUT2D eigenvalue weighted by Gasteiger charge is -2.25. The number of phenolic OH excluding ortho intramolecular Hbond substituents is 2. The van der Waals surface area contributed by atoms with Crippen molar-refractivity contribution >= 4 is 22.3 Å². The van der Waals surface area contributed by atoms with Gasteiger partial charge in [-0.25, -0.2) is 0 Å². The summed E-state index contributed by atoms with van der Waals surface area (Å²) in [5, 5.41) is 22.1. The molecule has 0 aliphatic heterocycles. The van der Waals surface area contributed by atoms with E-state index in [0.717, 1.165) is 5.39 Å². The van der Waals surface area contributed by atoms with Gasteiger partial charge in [-0.3, -0.25) is 9.59 Å². The van der Waals surface area contributed by atoms with Crippen molar-refractivity contribution in [3.63, 3.8) is 0 Å². The number of benzene rings is 3. The van der Waals surface area contributed by atoms with Crippen LogP contribution in [0.1, 0.15) is 43.3 Å². The summed E-state index contributed by atoms with van der Waals surface area (Å²) in [5.41, 5.74) is 2.08. The zero-order valence-electron chi connectivity index (χ0n) is 13.8. The first-order valence-electron chi connectivity index (χ1n) is 8.04. The van der Waals surface area contributed by atoms with Crippen LogP contribution in [0.2, 0.25) is 0 Å². The van der Waals surface area contributed by atoms with E-state index >= 15 is 0 Å². The van der Waals surface area contributed by atoms with Gasteiger partial charge in [0.05, 0.1) is 0 Å². The third-order valence-electron chi connectivity index (χ3n) is 5.14. The molecule has 1 aliphatic carbocycles. The minimum atomic E-state index is -1.15. The highest BCUT2D eigenvalue weighted by Gasteiger charge is 2.38. The van der Waals surface area contributed by atoms with Crippen LogP contribution in [0, 0.1) is 13.8 Å². The Balaban J connectivity index is 2.01. The maximum atomic E-state index is 13.1. The van der Waals surface area contributed by atoms with Crippen molar-refractivity contribution < 1.29 is 19.8 Å². The molecule has 2 N–H and O–H groups in total. The molecule has 0 saturated heterocycles. The number of hydrogen-bond donors (Lipinski definition) is 2. The molecule has 0 radical (unpaired) electrons. The summed E-state index contributed by atoms with van der Waals surface area (Å²) >= 11 is 0. The van der Waals surface area contributed by atoms with E-state index in [2.05, 4.69) is 0 Å². The topological polar surface area (TPSA) is 74.6 Å². The number of phenols is 2. The van der Waals surface area contributed by atoms with Crippen molar-refractivity contribution in [2.24, 2.45) is 0 Å². The summed E-state index contributed by atoms with van der Waals surface area (Å²) < 4.78 is 0. The average molecular weight is 332 g/mol. The molecule has 0 atom stereocenters. The normalized spacial score (nSPS) is 14.3. The van der Waals surface area contributed by atoms with Crippen LogP contribution in [0.5, 0.6) is 11.5 Å². The minimum absolute atomic E-state index is 0.0389. The molecular formula is C21H16O4. The Bertz CT molecular complexity index is 1030.